The van der Waals surface area contributed by atoms with Crippen LogP contribution in [0.5, 0.6) is 0 Å². The van der Waals surface area contributed by atoms with E-state index in [1.165, 1.54) is 25.7 Å². The van der Waals surface area contributed by atoms with E-state index in [0.717, 1.165) is 23.7 Å². The lowest BCUT2D eigenvalue weighted by molar-refractivity contribution is 0.145. The maximum atomic E-state index is 4.32. The van der Waals surface area contributed by atoms with Crippen molar-refractivity contribution in [1.29, 1.82) is 0 Å². The fraction of sp³-hybridized carbons (Fsp3) is 0.692. The minimum Gasteiger partial charge on any atom is -0.373 e. The van der Waals surface area contributed by atoms with Crippen LogP contribution < -0.4 is 10.6 Å². The van der Waals surface area contributed by atoms with Crippen LogP contribution in [0.3, 0.4) is 0 Å². The molecule has 0 unspecified atom stereocenters. The maximum Gasteiger partial charge on any atom is 0.134 e. The molecule has 0 saturated heterocycles. The molecule has 1 heterocycles. The highest BCUT2D eigenvalue weighted by Crippen LogP contribution is 2.43. The molecule has 0 aromatic carbocycles. The van der Waals surface area contributed by atoms with E-state index in [1.807, 2.05) is 14.0 Å². The number of aromatic nitrogens is 2. The Labute approximate surface area is 103 Å². The third-order valence-corrected chi connectivity index (χ3v) is 4.12. The van der Waals surface area contributed by atoms with E-state index in [4.69, 9.17) is 0 Å². The minimum absolute atomic E-state index is 0.511. The van der Waals surface area contributed by atoms with Gasteiger partial charge in [0.25, 0.3) is 0 Å². The summed E-state index contributed by atoms with van der Waals surface area (Å²) >= 11 is 0. The van der Waals surface area contributed by atoms with Crippen LogP contribution in [0.4, 0.5) is 11.6 Å². The third-order valence-electron chi connectivity index (χ3n) is 4.12. The lowest BCUT2D eigenvalue weighted by Crippen LogP contribution is -2.36. The van der Waals surface area contributed by atoms with Gasteiger partial charge in [-0.1, -0.05) is 13.3 Å². The van der Waals surface area contributed by atoms with Gasteiger partial charge < -0.3 is 10.6 Å². The van der Waals surface area contributed by atoms with Gasteiger partial charge in [-0.3, -0.25) is 0 Å². The highest BCUT2D eigenvalue weighted by Gasteiger charge is 2.34. The Balaban J connectivity index is 2.04. The molecule has 2 rings (SSSR count). The van der Waals surface area contributed by atoms with E-state index < -0.39 is 0 Å². The van der Waals surface area contributed by atoms with E-state index in [0.29, 0.717) is 5.41 Å². The number of anilines is 2. The third kappa shape index (κ3) is 2.35. The van der Waals surface area contributed by atoms with Crippen LogP contribution in [-0.4, -0.2) is 23.6 Å². The summed E-state index contributed by atoms with van der Waals surface area (Å²) in [6.45, 7) is 5.37. The van der Waals surface area contributed by atoms with E-state index in [2.05, 4.69) is 27.5 Å². The van der Waals surface area contributed by atoms with Crippen molar-refractivity contribution in [3.05, 3.63) is 11.9 Å². The second-order valence-electron chi connectivity index (χ2n) is 5.01. The first kappa shape index (κ1) is 12.1. The molecular formula is C13H22N4. The van der Waals surface area contributed by atoms with E-state index >= 15 is 0 Å². The summed E-state index contributed by atoms with van der Waals surface area (Å²) in [6, 6.07) is 0. The van der Waals surface area contributed by atoms with Gasteiger partial charge in [0.1, 0.15) is 18.0 Å². The Hall–Kier alpha value is -1.32. The molecule has 0 aliphatic heterocycles. The van der Waals surface area contributed by atoms with Crippen molar-refractivity contribution in [3.63, 3.8) is 0 Å². The second kappa shape index (κ2) is 4.90. The molecule has 1 aliphatic rings. The van der Waals surface area contributed by atoms with Crippen molar-refractivity contribution in [2.75, 3.05) is 24.2 Å². The average molecular weight is 234 g/mol. The molecule has 0 bridgehead atoms. The van der Waals surface area contributed by atoms with Crippen LogP contribution in [0.1, 0.15) is 38.2 Å². The Bertz CT molecular complexity index is 379. The standard InChI is InChI=1S/C13H22N4/c1-4-13(6-5-7-13)8-15-12-10(2)11(14-3)16-9-17-12/h9H,4-8H2,1-3H3,(H2,14,15,16,17). The lowest BCUT2D eigenvalue weighted by atomic mass is 9.67. The fourth-order valence-electron chi connectivity index (χ4n) is 2.48. The van der Waals surface area contributed by atoms with Crippen LogP contribution in [0.25, 0.3) is 0 Å². The fourth-order valence-corrected chi connectivity index (χ4v) is 2.48. The van der Waals surface area contributed by atoms with Crippen LogP contribution in [-0.2, 0) is 0 Å². The van der Waals surface area contributed by atoms with Gasteiger partial charge in [-0.25, -0.2) is 9.97 Å². The predicted octanol–water partition coefficient (Wildman–Crippen LogP) is 2.82. The zero-order valence-electron chi connectivity index (χ0n) is 11.0. The zero-order valence-corrected chi connectivity index (χ0v) is 11.0. The summed E-state index contributed by atoms with van der Waals surface area (Å²) in [5.41, 5.74) is 1.61. The molecule has 2 N–H and O–H groups in total. The molecule has 0 spiro atoms. The van der Waals surface area contributed by atoms with Gasteiger partial charge >= 0.3 is 0 Å². The van der Waals surface area contributed by atoms with Crippen LogP contribution in [0.2, 0.25) is 0 Å². The molecule has 4 nitrogen and oxygen atoms in total. The van der Waals surface area contributed by atoms with Crippen molar-refractivity contribution < 1.29 is 0 Å². The molecule has 0 radical (unpaired) electrons. The topological polar surface area (TPSA) is 49.8 Å². The van der Waals surface area contributed by atoms with E-state index in [9.17, 15) is 0 Å². The van der Waals surface area contributed by atoms with Crippen molar-refractivity contribution in [1.82, 2.24) is 9.97 Å². The highest BCUT2D eigenvalue weighted by atomic mass is 15.1. The summed E-state index contributed by atoms with van der Waals surface area (Å²) < 4.78 is 0. The monoisotopic (exact) mass is 234 g/mol. The minimum atomic E-state index is 0.511. The summed E-state index contributed by atoms with van der Waals surface area (Å²) in [4.78, 5) is 8.51. The Morgan fingerprint density at radius 1 is 1.29 bits per heavy atom. The summed E-state index contributed by atoms with van der Waals surface area (Å²) in [7, 11) is 1.89. The van der Waals surface area contributed by atoms with E-state index in [-0.39, 0.29) is 0 Å². The van der Waals surface area contributed by atoms with Gasteiger partial charge in [0.2, 0.25) is 0 Å². The Morgan fingerprint density at radius 2 is 2.00 bits per heavy atom. The van der Waals surface area contributed by atoms with Crippen LogP contribution in [0.15, 0.2) is 6.33 Å². The summed E-state index contributed by atoms with van der Waals surface area (Å²) in [6.07, 6.45) is 6.93. The normalized spacial score (nSPS) is 17.4. The van der Waals surface area contributed by atoms with Crippen molar-refractivity contribution in [2.45, 2.75) is 39.5 Å². The number of nitrogens with zero attached hydrogens (tertiary/aromatic N) is 2. The Kier molecular flexibility index (Phi) is 3.50. The summed E-state index contributed by atoms with van der Waals surface area (Å²) in [5, 5.41) is 6.57. The first-order valence-electron chi connectivity index (χ1n) is 6.44. The molecule has 1 aromatic heterocycles. The lowest BCUT2D eigenvalue weighted by Gasteiger charge is -2.41. The molecule has 1 aliphatic carbocycles. The average Bonchev–Trinajstić information content (AvgIpc) is 2.30. The van der Waals surface area contributed by atoms with Crippen molar-refractivity contribution in [2.24, 2.45) is 5.41 Å². The van der Waals surface area contributed by atoms with Crippen LogP contribution >= 0.6 is 0 Å². The molecule has 1 aromatic rings. The van der Waals surface area contributed by atoms with Gasteiger partial charge in [0, 0.05) is 19.2 Å². The molecule has 1 fully saturated rings. The van der Waals surface area contributed by atoms with Gasteiger partial charge in [0.15, 0.2) is 0 Å². The molecule has 0 atom stereocenters. The summed E-state index contributed by atoms with van der Waals surface area (Å²) in [5.74, 6) is 1.87. The highest BCUT2D eigenvalue weighted by molar-refractivity contribution is 5.56. The van der Waals surface area contributed by atoms with Gasteiger partial charge in [-0.2, -0.15) is 0 Å². The molecule has 4 heteroatoms. The molecule has 0 amide bonds. The first-order valence-corrected chi connectivity index (χ1v) is 6.44. The number of rotatable bonds is 5. The Morgan fingerprint density at radius 3 is 2.53 bits per heavy atom. The van der Waals surface area contributed by atoms with Crippen LogP contribution in [0, 0.1) is 12.3 Å². The quantitative estimate of drug-likeness (QED) is 0.822. The van der Waals surface area contributed by atoms with E-state index in [1.54, 1.807) is 6.33 Å². The molecule has 94 valence electrons. The SMILES string of the molecule is CCC1(CNc2ncnc(NC)c2C)CCC1. The largest absolute Gasteiger partial charge is 0.373 e. The number of nitrogens with one attached hydrogen (secondary N) is 2. The van der Waals surface area contributed by atoms with Crippen molar-refractivity contribution >= 4 is 11.6 Å². The number of hydrogen-bond donors (Lipinski definition) is 2. The maximum absolute atomic E-state index is 4.32. The number of hydrogen-bond acceptors (Lipinski definition) is 4. The molecular weight excluding hydrogens is 212 g/mol. The van der Waals surface area contributed by atoms with Gasteiger partial charge in [-0.15, -0.1) is 0 Å². The first-order chi connectivity index (χ1) is 8.21. The molecule has 1 saturated carbocycles. The zero-order chi connectivity index (χ0) is 12.3. The molecule has 17 heavy (non-hydrogen) atoms. The second-order valence-corrected chi connectivity index (χ2v) is 5.01. The van der Waals surface area contributed by atoms with Gasteiger partial charge in [-0.05, 0) is 31.6 Å². The smallest absolute Gasteiger partial charge is 0.134 e. The van der Waals surface area contributed by atoms with Crippen molar-refractivity contribution in [3.8, 4) is 0 Å². The van der Waals surface area contributed by atoms with Gasteiger partial charge in [0.05, 0.1) is 0 Å². The predicted molar refractivity (Wildman–Crippen MR) is 71.4 cm³/mol.